The van der Waals surface area contributed by atoms with Gasteiger partial charge < -0.3 is 4.74 Å². The van der Waals surface area contributed by atoms with Gasteiger partial charge in [0, 0.05) is 4.70 Å². The van der Waals surface area contributed by atoms with Gasteiger partial charge in [-0.05, 0) is 47.4 Å². The van der Waals surface area contributed by atoms with Crippen LogP contribution in [0.2, 0.25) is 0 Å². The number of benzene rings is 1. The zero-order chi connectivity index (χ0) is 10.1. The van der Waals surface area contributed by atoms with Crippen LogP contribution < -0.4 is 4.74 Å². The monoisotopic (exact) mass is 206 g/mol. The molecule has 0 spiro atoms. The van der Waals surface area contributed by atoms with Gasteiger partial charge in [0.1, 0.15) is 5.75 Å². The van der Waals surface area contributed by atoms with Crippen molar-refractivity contribution in [1.29, 1.82) is 0 Å². The molecule has 0 aliphatic carbocycles. The van der Waals surface area contributed by atoms with Crippen LogP contribution in [-0.4, -0.2) is 7.11 Å². The van der Waals surface area contributed by atoms with E-state index in [-0.39, 0.29) is 0 Å². The van der Waals surface area contributed by atoms with Crippen molar-refractivity contribution in [3.63, 3.8) is 0 Å². The molecule has 0 aliphatic rings. The highest BCUT2D eigenvalue weighted by Gasteiger charge is 2.07. The molecule has 1 aromatic heterocycles. The predicted molar refractivity (Wildman–Crippen MR) is 62.5 cm³/mol. The molecule has 2 aromatic rings. The number of thiophene rings is 1. The quantitative estimate of drug-likeness (QED) is 0.726. The fourth-order valence-corrected chi connectivity index (χ4v) is 2.81. The second-order valence-electron chi connectivity index (χ2n) is 3.43. The number of rotatable bonds is 2. The Bertz CT molecular complexity index is 457. The van der Waals surface area contributed by atoms with Crippen LogP contribution in [0.15, 0.2) is 17.5 Å². The lowest BCUT2D eigenvalue weighted by Crippen LogP contribution is -1.87. The Kier molecular flexibility index (Phi) is 2.46. The number of methoxy groups -OCH3 is 1. The number of ether oxygens (including phenoxy) is 1. The van der Waals surface area contributed by atoms with Gasteiger partial charge >= 0.3 is 0 Å². The average molecular weight is 206 g/mol. The standard InChI is InChI=1S/C12H14OS/c1-4-9-5-10(13-3)6-11-12(9)8(2)7-14-11/h5-7H,4H2,1-3H3. The Labute approximate surface area is 88.3 Å². The first-order valence-electron chi connectivity index (χ1n) is 4.81. The first-order valence-corrected chi connectivity index (χ1v) is 5.69. The van der Waals surface area contributed by atoms with Crippen molar-refractivity contribution in [2.24, 2.45) is 0 Å². The van der Waals surface area contributed by atoms with Crippen molar-refractivity contribution < 1.29 is 4.74 Å². The first-order chi connectivity index (χ1) is 6.76. The van der Waals surface area contributed by atoms with E-state index in [2.05, 4.69) is 31.4 Å². The van der Waals surface area contributed by atoms with Crippen LogP contribution in [0.3, 0.4) is 0 Å². The molecule has 0 fully saturated rings. The summed E-state index contributed by atoms with van der Waals surface area (Å²) >= 11 is 1.79. The Hall–Kier alpha value is -1.02. The van der Waals surface area contributed by atoms with Crippen LogP contribution >= 0.6 is 11.3 Å². The van der Waals surface area contributed by atoms with E-state index in [0.29, 0.717) is 0 Å². The molecule has 1 aromatic carbocycles. The summed E-state index contributed by atoms with van der Waals surface area (Å²) < 4.78 is 6.61. The molecule has 1 nitrogen and oxygen atoms in total. The number of aryl methyl sites for hydroxylation is 2. The van der Waals surface area contributed by atoms with E-state index < -0.39 is 0 Å². The maximum Gasteiger partial charge on any atom is 0.120 e. The average Bonchev–Trinajstić information content (AvgIpc) is 2.59. The molecule has 0 bridgehead atoms. The molecule has 0 amide bonds. The fraction of sp³-hybridized carbons (Fsp3) is 0.333. The normalized spacial score (nSPS) is 10.8. The zero-order valence-electron chi connectivity index (χ0n) is 8.76. The van der Waals surface area contributed by atoms with Crippen LogP contribution in [-0.2, 0) is 6.42 Å². The van der Waals surface area contributed by atoms with Crippen molar-refractivity contribution in [2.45, 2.75) is 20.3 Å². The highest BCUT2D eigenvalue weighted by atomic mass is 32.1. The fourth-order valence-electron chi connectivity index (χ4n) is 1.79. The van der Waals surface area contributed by atoms with Gasteiger partial charge in [-0.1, -0.05) is 6.92 Å². The Morgan fingerprint density at radius 3 is 2.79 bits per heavy atom. The Balaban J connectivity index is 2.76. The maximum atomic E-state index is 5.28. The van der Waals surface area contributed by atoms with Crippen LogP contribution in [0.25, 0.3) is 10.1 Å². The summed E-state index contributed by atoms with van der Waals surface area (Å²) in [4.78, 5) is 0. The highest BCUT2D eigenvalue weighted by molar-refractivity contribution is 7.17. The lowest BCUT2D eigenvalue weighted by molar-refractivity contribution is 0.415. The van der Waals surface area contributed by atoms with Crippen LogP contribution in [0.4, 0.5) is 0 Å². The summed E-state index contributed by atoms with van der Waals surface area (Å²) in [6, 6.07) is 4.26. The van der Waals surface area contributed by atoms with E-state index in [4.69, 9.17) is 4.74 Å². The van der Waals surface area contributed by atoms with E-state index in [1.807, 2.05) is 0 Å². The molecule has 0 unspecified atom stereocenters. The molecule has 0 N–H and O–H groups in total. The summed E-state index contributed by atoms with van der Waals surface area (Å²) in [5.41, 5.74) is 2.77. The lowest BCUT2D eigenvalue weighted by Gasteiger charge is -2.05. The Morgan fingerprint density at radius 1 is 1.36 bits per heavy atom. The van der Waals surface area contributed by atoms with E-state index in [1.54, 1.807) is 18.4 Å². The molecule has 0 aliphatic heterocycles. The molecule has 0 radical (unpaired) electrons. The largest absolute Gasteiger partial charge is 0.497 e. The Morgan fingerprint density at radius 2 is 2.14 bits per heavy atom. The molecular weight excluding hydrogens is 192 g/mol. The van der Waals surface area contributed by atoms with Crippen molar-refractivity contribution >= 4 is 21.4 Å². The van der Waals surface area contributed by atoms with Crippen LogP contribution in [0.1, 0.15) is 18.1 Å². The van der Waals surface area contributed by atoms with E-state index >= 15 is 0 Å². The second-order valence-corrected chi connectivity index (χ2v) is 4.34. The summed E-state index contributed by atoms with van der Waals surface area (Å²) in [6.07, 6.45) is 1.06. The molecule has 0 saturated heterocycles. The van der Waals surface area contributed by atoms with E-state index in [9.17, 15) is 0 Å². The van der Waals surface area contributed by atoms with Gasteiger partial charge in [0.05, 0.1) is 7.11 Å². The van der Waals surface area contributed by atoms with Crippen molar-refractivity contribution in [2.75, 3.05) is 7.11 Å². The molecule has 0 atom stereocenters. The molecular formula is C12H14OS. The van der Waals surface area contributed by atoms with Gasteiger partial charge in [-0.25, -0.2) is 0 Å². The molecule has 14 heavy (non-hydrogen) atoms. The van der Waals surface area contributed by atoms with Gasteiger partial charge in [0.2, 0.25) is 0 Å². The van der Waals surface area contributed by atoms with Gasteiger partial charge in [-0.2, -0.15) is 0 Å². The van der Waals surface area contributed by atoms with E-state index in [1.165, 1.54) is 21.2 Å². The number of hydrogen-bond donors (Lipinski definition) is 0. The van der Waals surface area contributed by atoms with E-state index in [0.717, 1.165) is 12.2 Å². The SMILES string of the molecule is CCc1cc(OC)cc2scc(C)c12. The summed E-state index contributed by atoms with van der Waals surface area (Å²) in [5, 5.41) is 3.63. The lowest BCUT2D eigenvalue weighted by atomic mass is 10.0. The third-order valence-corrected chi connectivity index (χ3v) is 3.58. The van der Waals surface area contributed by atoms with Gasteiger partial charge in [-0.15, -0.1) is 11.3 Å². The van der Waals surface area contributed by atoms with Crippen LogP contribution in [0, 0.1) is 6.92 Å². The molecule has 2 heteroatoms. The van der Waals surface area contributed by atoms with Crippen molar-refractivity contribution in [3.8, 4) is 5.75 Å². The van der Waals surface area contributed by atoms with Gasteiger partial charge in [0.25, 0.3) is 0 Å². The molecule has 2 rings (SSSR count). The van der Waals surface area contributed by atoms with Crippen molar-refractivity contribution in [3.05, 3.63) is 28.6 Å². The second kappa shape index (κ2) is 3.62. The topological polar surface area (TPSA) is 9.23 Å². The summed E-state index contributed by atoms with van der Waals surface area (Å²) in [7, 11) is 1.72. The number of hydrogen-bond acceptors (Lipinski definition) is 2. The third kappa shape index (κ3) is 1.40. The molecule has 0 saturated carbocycles. The van der Waals surface area contributed by atoms with Gasteiger partial charge in [-0.3, -0.25) is 0 Å². The van der Waals surface area contributed by atoms with Crippen LogP contribution in [0.5, 0.6) is 5.75 Å². The third-order valence-electron chi connectivity index (χ3n) is 2.53. The predicted octanol–water partition coefficient (Wildman–Crippen LogP) is 3.78. The molecule has 1 heterocycles. The minimum atomic E-state index is 0.969. The van der Waals surface area contributed by atoms with Gasteiger partial charge in [0.15, 0.2) is 0 Å². The zero-order valence-corrected chi connectivity index (χ0v) is 9.57. The maximum absolute atomic E-state index is 5.28. The summed E-state index contributed by atoms with van der Waals surface area (Å²) in [6.45, 7) is 4.36. The minimum Gasteiger partial charge on any atom is -0.497 e. The van der Waals surface area contributed by atoms with Crippen molar-refractivity contribution in [1.82, 2.24) is 0 Å². The number of fused-ring (bicyclic) bond motifs is 1. The first kappa shape index (κ1) is 9.53. The minimum absolute atomic E-state index is 0.969. The summed E-state index contributed by atoms with van der Waals surface area (Å²) in [5.74, 6) is 0.969. The molecule has 74 valence electrons. The smallest absolute Gasteiger partial charge is 0.120 e. The highest BCUT2D eigenvalue weighted by Crippen LogP contribution is 2.32.